The number of halogens is 2. The van der Waals surface area contributed by atoms with E-state index < -0.39 is 17.2 Å². The van der Waals surface area contributed by atoms with E-state index in [1.165, 1.54) is 22.9 Å². The molecule has 172 valence electrons. The summed E-state index contributed by atoms with van der Waals surface area (Å²) in [6.07, 6.45) is 3.44. The van der Waals surface area contributed by atoms with Gasteiger partial charge in [0.2, 0.25) is 0 Å². The van der Waals surface area contributed by atoms with Crippen molar-refractivity contribution >= 4 is 23.7 Å². The van der Waals surface area contributed by atoms with Crippen molar-refractivity contribution in [3.8, 4) is 11.3 Å². The third-order valence-electron chi connectivity index (χ3n) is 5.50. The van der Waals surface area contributed by atoms with Crippen LogP contribution in [0.2, 0.25) is 0 Å². The maximum atomic E-state index is 14.5. The highest BCUT2D eigenvalue weighted by atomic mass is 19.1. The fourth-order valence-corrected chi connectivity index (χ4v) is 4.24. The SMILES string of the molecule is Cc1nn(C2=C/C(=N)Nc3c(c(-c4ccc(F)cc4F)nn3C)C/C=N\2)c(C)c1C(C)(C)O. The topological polar surface area (TPSA) is 104 Å². The van der Waals surface area contributed by atoms with E-state index >= 15 is 0 Å². The van der Waals surface area contributed by atoms with E-state index in [2.05, 4.69) is 20.5 Å². The zero-order valence-corrected chi connectivity index (χ0v) is 19.0. The van der Waals surface area contributed by atoms with Crippen molar-refractivity contribution in [3.63, 3.8) is 0 Å². The molecule has 0 amide bonds. The second kappa shape index (κ2) is 8.04. The normalized spacial score (nSPS) is 16.8. The van der Waals surface area contributed by atoms with Crippen LogP contribution in [0.4, 0.5) is 14.6 Å². The molecule has 0 saturated heterocycles. The molecule has 3 aromatic rings. The number of hydrogen-bond donors (Lipinski definition) is 3. The number of aryl methyl sites for hydroxylation is 2. The minimum atomic E-state index is -1.09. The van der Waals surface area contributed by atoms with Crippen LogP contribution in [0.3, 0.4) is 0 Å². The molecule has 3 heterocycles. The minimum Gasteiger partial charge on any atom is -0.386 e. The molecule has 0 aliphatic carbocycles. The van der Waals surface area contributed by atoms with Crippen LogP contribution in [-0.2, 0) is 19.1 Å². The molecule has 1 aliphatic rings. The Bertz CT molecular complexity index is 1330. The zero-order chi connectivity index (χ0) is 24.1. The number of hydrogen-bond acceptors (Lipinski definition) is 5. The third-order valence-corrected chi connectivity index (χ3v) is 5.50. The number of aliphatic imine (C=N–C) groups is 1. The van der Waals surface area contributed by atoms with Gasteiger partial charge in [-0.2, -0.15) is 10.2 Å². The summed E-state index contributed by atoms with van der Waals surface area (Å²) in [5.41, 5.74) is 2.11. The van der Waals surface area contributed by atoms with Crippen molar-refractivity contribution in [3.05, 3.63) is 58.4 Å². The van der Waals surface area contributed by atoms with E-state index in [0.29, 0.717) is 39.8 Å². The van der Waals surface area contributed by atoms with Crippen LogP contribution in [0, 0.1) is 30.9 Å². The molecule has 8 nitrogen and oxygen atoms in total. The smallest absolute Gasteiger partial charge is 0.156 e. The maximum absolute atomic E-state index is 14.5. The Labute approximate surface area is 189 Å². The van der Waals surface area contributed by atoms with Crippen molar-refractivity contribution < 1.29 is 13.9 Å². The van der Waals surface area contributed by atoms with Gasteiger partial charge < -0.3 is 10.4 Å². The first kappa shape index (κ1) is 22.5. The summed E-state index contributed by atoms with van der Waals surface area (Å²) in [4.78, 5) is 4.52. The monoisotopic (exact) mass is 453 g/mol. The highest BCUT2D eigenvalue weighted by molar-refractivity contribution is 6.05. The van der Waals surface area contributed by atoms with Crippen LogP contribution in [0.15, 0.2) is 29.3 Å². The zero-order valence-electron chi connectivity index (χ0n) is 19.0. The van der Waals surface area contributed by atoms with Crippen molar-refractivity contribution in [1.29, 1.82) is 5.41 Å². The fraction of sp³-hybridized carbons (Fsp3) is 0.304. The molecule has 0 saturated carbocycles. The summed E-state index contributed by atoms with van der Waals surface area (Å²) in [6.45, 7) is 7.03. The van der Waals surface area contributed by atoms with Gasteiger partial charge in [-0.1, -0.05) is 0 Å². The Morgan fingerprint density at radius 1 is 1.18 bits per heavy atom. The molecule has 0 bridgehead atoms. The first-order chi connectivity index (χ1) is 15.5. The van der Waals surface area contributed by atoms with Crippen molar-refractivity contribution in [2.45, 2.75) is 39.7 Å². The lowest BCUT2D eigenvalue weighted by Crippen LogP contribution is -2.18. The molecule has 0 atom stereocenters. The molecule has 1 aromatic carbocycles. The number of amidine groups is 1. The lowest BCUT2D eigenvalue weighted by molar-refractivity contribution is 0.0772. The van der Waals surface area contributed by atoms with Gasteiger partial charge in [0.05, 0.1) is 11.3 Å². The molecule has 4 rings (SSSR count). The van der Waals surface area contributed by atoms with Gasteiger partial charge in [0.25, 0.3) is 0 Å². The number of rotatable bonds is 3. The predicted molar refractivity (Wildman–Crippen MR) is 123 cm³/mol. The maximum Gasteiger partial charge on any atom is 0.156 e. The Kier molecular flexibility index (Phi) is 5.49. The average molecular weight is 453 g/mol. The van der Waals surface area contributed by atoms with E-state index in [0.717, 1.165) is 6.07 Å². The van der Waals surface area contributed by atoms with E-state index in [-0.39, 0.29) is 17.8 Å². The van der Waals surface area contributed by atoms with E-state index in [9.17, 15) is 13.9 Å². The highest BCUT2D eigenvalue weighted by Gasteiger charge is 2.27. The van der Waals surface area contributed by atoms with Crippen LogP contribution < -0.4 is 5.32 Å². The van der Waals surface area contributed by atoms with Gasteiger partial charge in [-0.25, -0.2) is 18.5 Å². The van der Waals surface area contributed by atoms with Crippen LogP contribution in [0.1, 0.15) is 36.4 Å². The summed E-state index contributed by atoms with van der Waals surface area (Å²) in [5.74, 6) is -0.468. The number of aromatic nitrogens is 4. The molecule has 33 heavy (non-hydrogen) atoms. The summed E-state index contributed by atoms with van der Waals surface area (Å²) < 4.78 is 31.0. The van der Waals surface area contributed by atoms with Gasteiger partial charge >= 0.3 is 0 Å². The molecule has 3 N–H and O–H groups in total. The number of aliphatic hydroxyl groups is 1. The molecule has 1 aliphatic heterocycles. The Balaban J connectivity index is 1.78. The van der Waals surface area contributed by atoms with Gasteiger partial charge in [0.1, 0.15) is 29.0 Å². The van der Waals surface area contributed by atoms with Crippen molar-refractivity contribution in [2.24, 2.45) is 12.0 Å². The van der Waals surface area contributed by atoms with Crippen molar-refractivity contribution in [1.82, 2.24) is 19.6 Å². The van der Waals surface area contributed by atoms with Gasteiger partial charge in [0.15, 0.2) is 5.82 Å². The van der Waals surface area contributed by atoms with E-state index in [1.54, 1.807) is 31.8 Å². The van der Waals surface area contributed by atoms with Crippen LogP contribution in [-0.4, -0.2) is 36.7 Å². The van der Waals surface area contributed by atoms with Gasteiger partial charge in [0, 0.05) is 54.2 Å². The number of nitrogens with zero attached hydrogens (tertiary/aromatic N) is 5. The van der Waals surface area contributed by atoms with Crippen LogP contribution in [0.25, 0.3) is 17.1 Å². The van der Waals surface area contributed by atoms with Crippen LogP contribution >= 0.6 is 0 Å². The molecule has 0 radical (unpaired) electrons. The lowest BCUT2D eigenvalue weighted by Gasteiger charge is -2.18. The molecule has 0 spiro atoms. The minimum absolute atomic E-state index is 0.0248. The second-order valence-corrected chi connectivity index (χ2v) is 8.50. The van der Waals surface area contributed by atoms with E-state index in [1.807, 2.05) is 13.8 Å². The standard InChI is InChI=1S/C23H25F2N7O/c1-12-20(23(3,4)33)13(2)32(29-12)19-11-18(26)28-22-16(8-9-27-19)21(30-31(22)5)15-7-6-14(24)10-17(15)25/h6-7,9-11,33H,8H2,1-5H3,(H2,26,28)/b19-11+,27-9-. The van der Waals surface area contributed by atoms with E-state index in [4.69, 9.17) is 5.41 Å². The molecule has 0 unspecified atom stereocenters. The van der Waals surface area contributed by atoms with Gasteiger partial charge in [-0.3, -0.25) is 10.1 Å². The number of nitrogens with one attached hydrogen (secondary N) is 2. The summed E-state index contributed by atoms with van der Waals surface area (Å²) in [5, 5.41) is 30.9. The Morgan fingerprint density at radius 3 is 2.55 bits per heavy atom. The molecular formula is C23H25F2N7O. The molecule has 2 aromatic heterocycles. The van der Waals surface area contributed by atoms with Crippen LogP contribution in [0.5, 0.6) is 0 Å². The number of benzene rings is 1. The number of anilines is 1. The molecule has 0 fully saturated rings. The number of fused-ring (bicyclic) bond motifs is 1. The summed E-state index contributed by atoms with van der Waals surface area (Å²) >= 11 is 0. The second-order valence-electron chi connectivity index (χ2n) is 8.50. The van der Waals surface area contributed by atoms with Gasteiger partial charge in [-0.15, -0.1) is 0 Å². The first-order valence-corrected chi connectivity index (χ1v) is 10.4. The predicted octanol–water partition coefficient (Wildman–Crippen LogP) is 3.92. The fourth-order valence-electron chi connectivity index (χ4n) is 4.24. The van der Waals surface area contributed by atoms with Crippen molar-refractivity contribution in [2.75, 3.05) is 5.32 Å². The average Bonchev–Trinajstić information content (AvgIpc) is 3.19. The largest absolute Gasteiger partial charge is 0.386 e. The Hall–Kier alpha value is -3.66. The summed E-state index contributed by atoms with van der Waals surface area (Å²) in [6, 6.07) is 3.35. The Morgan fingerprint density at radius 2 is 1.91 bits per heavy atom. The third kappa shape index (κ3) is 4.09. The van der Waals surface area contributed by atoms with Gasteiger partial charge in [-0.05, 0) is 39.8 Å². The highest BCUT2D eigenvalue weighted by Crippen LogP contribution is 2.32. The quantitative estimate of drug-likeness (QED) is 0.559. The first-order valence-electron chi connectivity index (χ1n) is 10.4. The molecular weight excluding hydrogens is 428 g/mol. The molecule has 10 heteroatoms. The lowest BCUT2D eigenvalue weighted by atomic mass is 9.96. The summed E-state index contributed by atoms with van der Waals surface area (Å²) in [7, 11) is 1.68.